The molecule has 0 unspecified atom stereocenters. The molecule has 2 N–H and O–H groups in total. The zero-order chi connectivity index (χ0) is 16.0. The summed E-state index contributed by atoms with van der Waals surface area (Å²) in [7, 11) is 0. The number of nitro groups is 1. The molecular formula is C11H16F3N5O2. The number of anilines is 2. The molecule has 0 aliphatic rings. The fourth-order valence-electron chi connectivity index (χ4n) is 1.64. The summed E-state index contributed by atoms with van der Waals surface area (Å²) in [4.78, 5) is 18.2. The quantitative estimate of drug-likeness (QED) is 0.457. The molecule has 10 heteroatoms. The number of halogens is 3. The van der Waals surface area contributed by atoms with Gasteiger partial charge in [-0.2, -0.15) is 18.2 Å². The number of nitrogens with zero attached hydrogens (tertiary/aromatic N) is 3. The average molecular weight is 307 g/mol. The van der Waals surface area contributed by atoms with Crippen LogP contribution in [0.2, 0.25) is 0 Å². The summed E-state index contributed by atoms with van der Waals surface area (Å²) >= 11 is 0. The first-order valence-corrected chi connectivity index (χ1v) is 6.32. The van der Waals surface area contributed by atoms with E-state index in [1.165, 1.54) is 6.92 Å². The molecule has 0 fully saturated rings. The molecule has 7 nitrogen and oxygen atoms in total. The van der Waals surface area contributed by atoms with Gasteiger partial charge < -0.3 is 10.6 Å². The summed E-state index contributed by atoms with van der Waals surface area (Å²) in [5.74, 6) is 0.115. The minimum Gasteiger partial charge on any atom is -0.364 e. The topological polar surface area (TPSA) is 93.0 Å². The minimum absolute atomic E-state index is 0.0671. The van der Waals surface area contributed by atoms with Crippen LogP contribution in [0.25, 0.3) is 0 Å². The van der Waals surface area contributed by atoms with E-state index in [9.17, 15) is 23.3 Å². The Kier molecular flexibility index (Phi) is 5.68. The molecule has 1 heterocycles. The Morgan fingerprint density at radius 2 is 1.95 bits per heavy atom. The molecule has 0 saturated heterocycles. The van der Waals surface area contributed by atoms with Crippen LogP contribution in [0.1, 0.15) is 25.5 Å². The van der Waals surface area contributed by atoms with Gasteiger partial charge >= 0.3 is 11.9 Å². The van der Waals surface area contributed by atoms with Gasteiger partial charge in [0.05, 0.1) is 4.92 Å². The monoisotopic (exact) mass is 307 g/mol. The molecule has 0 bridgehead atoms. The Labute approximate surface area is 119 Å². The van der Waals surface area contributed by atoms with Gasteiger partial charge in [-0.25, -0.2) is 4.98 Å². The van der Waals surface area contributed by atoms with Crippen LogP contribution in [-0.2, 0) is 0 Å². The summed E-state index contributed by atoms with van der Waals surface area (Å²) in [6.45, 7) is 3.70. The Morgan fingerprint density at radius 1 is 1.29 bits per heavy atom. The first-order valence-electron chi connectivity index (χ1n) is 6.32. The molecule has 0 amide bonds. The summed E-state index contributed by atoms with van der Waals surface area (Å²) in [6.07, 6.45) is -5.40. The van der Waals surface area contributed by atoms with Gasteiger partial charge in [0.1, 0.15) is 5.69 Å². The number of hydrogen-bond acceptors (Lipinski definition) is 6. The van der Waals surface area contributed by atoms with Crippen LogP contribution in [0.15, 0.2) is 0 Å². The van der Waals surface area contributed by atoms with Crippen molar-refractivity contribution in [2.45, 2.75) is 32.9 Å². The van der Waals surface area contributed by atoms with E-state index in [0.29, 0.717) is 6.54 Å². The van der Waals surface area contributed by atoms with Crippen molar-refractivity contribution < 1.29 is 18.1 Å². The van der Waals surface area contributed by atoms with E-state index in [1.807, 2.05) is 0 Å². The molecule has 1 aromatic heterocycles. The second kappa shape index (κ2) is 7.04. The van der Waals surface area contributed by atoms with Crippen LogP contribution in [0.4, 0.5) is 30.6 Å². The first kappa shape index (κ1) is 16.9. The van der Waals surface area contributed by atoms with E-state index in [0.717, 1.165) is 0 Å². The Bertz CT molecular complexity index is 507. The lowest BCUT2D eigenvalue weighted by atomic mass is 10.3. The van der Waals surface area contributed by atoms with Gasteiger partial charge in [-0.05, 0) is 20.3 Å². The van der Waals surface area contributed by atoms with Crippen molar-refractivity contribution in [3.05, 3.63) is 15.8 Å². The predicted octanol–water partition coefficient (Wildman–Crippen LogP) is 2.88. The largest absolute Gasteiger partial charge is 0.389 e. The van der Waals surface area contributed by atoms with Crippen molar-refractivity contribution in [2.75, 3.05) is 23.7 Å². The maximum atomic E-state index is 12.0. The molecule has 0 radical (unpaired) electrons. The highest BCUT2D eigenvalue weighted by Gasteiger charge is 2.26. The molecule has 0 atom stereocenters. The highest BCUT2D eigenvalue weighted by molar-refractivity contribution is 5.60. The highest BCUT2D eigenvalue weighted by Crippen LogP contribution is 2.27. The smallest absolute Gasteiger partial charge is 0.364 e. The van der Waals surface area contributed by atoms with Gasteiger partial charge in [-0.1, -0.05) is 0 Å². The molecule has 21 heavy (non-hydrogen) atoms. The second-order valence-corrected chi connectivity index (χ2v) is 4.26. The average Bonchev–Trinajstić information content (AvgIpc) is 2.33. The summed E-state index contributed by atoms with van der Waals surface area (Å²) in [5.41, 5.74) is -0.187. The molecule has 0 aromatic carbocycles. The normalized spacial score (nSPS) is 11.3. The SMILES string of the molecule is CCNc1nc(C)c([N+](=O)[O-])c(NCCCC(F)(F)F)n1. The Hall–Kier alpha value is -2.13. The van der Waals surface area contributed by atoms with Crippen LogP contribution in [-0.4, -0.2) is 34.2 Å². The molecule has 118 valence electrons. The van der Waals surface area contributed by atoms with Gasteiger partial charge in [-0.15, -0.1) is 0 Å². The summed E-state index contributed by atoms with van der Waals surface area (Å²) < 4.78 is 36.1. The number of hydrogen-bond donors (Lipinski definition) is 2. The number of nitrogens with one attached hydrogen (secondary N) is 2. The standard InChI is InChI=1S/C11H16F3N5O2/c1-3-15-10-17-7(2)8(19(20)21)9(18-10)16-6-4-5-11(12,13)14/h3-6H2,1-2H3,(H2,15,16,17,18). The van der Waals surface area contributed by atoms with Gasteiger partial charge in [0.25, 0.3) is 0 Å². The van der Waals surface area contributed by atoms with Gasteiger partial charge in [0.15, 0.2) is 0 Å². The molecule has 1 aromatic rings. The van der Waals surface area contributed by atoms with E-state index >= 15 is 0 Å². The fourth-order valence-corrected chi connectivity index (χ4v) is 1.64. The van der Waals surface area contributed by atoms with E-state index in [4.69, 9.17) is 0 Å². The van der Waals surface area contributed by atoms with Crippen LogP contribution in [0.5, 0.6) is 0 Å². The van der Waals surface area contributed by atoms with Crippen LogP contribution in [0, 0.1) is 17.0 Å². The van der Waals surface area contributed by atoms with Crippen molar-refractivity contribution in [3.8, 4) is 0 Å². The van der Waals surface area contributed by atoms with Crippen LogP contribution < -0.4 is 10.6 Å². The number of aromatic nitrogens is 2. The Balaban J connectivity index is 2.84. The third-order valence-corrected chi connectivity index (χ3v) is 2.51. The van der Waals surface area contributed by atoms with Crippen LogP contribution in [0.3, 0.4) is 0 Å². The summed E-state index contributed by atoms with van der Waals surface area (Å²) in [5, 5.41) is 16.4. The van der Waals surface area contributed by atoms with Crippen molar-refractivity contribution in [3.63, 3.8) is 0 Å². The third-order valence-electron chi connectivity index (χ3n) is 2.51. The molecule has 1 rings (SSSR count). The lowest BCUT2D eigenvalue weighted by molar-refractivity contribution is -0.385. The Morgan fingerprint density at radius 3 is 2.48 bits per heavy atom. The van der Waals surface area contributed by atoms with Crippen molar-refractivity contribution in [1.82, 2.24) is 9.97 Å². The predicted molar refractivity (Wildman–Crippen MR) is 71.4 cm³/mol. The third kappa shape index (κ3) is 5.40. The molecule has 0 spiro atoms. The van der Waals surface area contributed by atoms with E-state index in [-0.39, 0.29) is 36.1 Å². The summed E-state index contributed by atoms with van der Waals surface area (Å²) in [6, 6.07) is 0. The second-order valence-electron chi connectivity index (χ2n) is 4.26. The maximum Gasteiger partial charge on any atom is 0.389 e. The highest BCUT2D eigenvalue weighted by atomic mass is 19.4. The van der Waals surface area contributed by atoms with Crippen molar-refractivity contribution >= 4 is 17.5 Å². The number of alkyl halides is 3. The number of rotatable bonds is 7. The van der Waals surface area contributed by atoms with Crippen molar-refractivity contribution in [1.29, 1.82) is 0 Å². The van der Waals surface area contributed by atoms with Crippen molar-refractivity contribution in [2.24, 2.45) is 0 Å². The molecule has 0 saturated carbocycles. The molecule has 0 aliphatic heterocycles. The lowest BCUT2D eigenvalue weighted by Crippen LogP contribution is -2.14. The van der Waals surface area contributed by atoms with Gasteiger partial charge in [-0.3, -0.25) is 10.1 Å². The fraction of sp³-hybridized carbons (Fsp3) is 0.636. The molecule has 0 aliphatic carbocycles. The van der Waals surface area contributed by atoms with Gasteiger partial charge in [0.2, 0.25) is 11.8 Å². The lowest BCUT2D eigenvalue weighted by Gasteiger charge is -2.10. The van der Waals surface area contributed by atoms with Gasteiger partial charge in [0, 0.05) is 19.5 Å². The van der Waals surface area contributed by atoms with E-state index in [1.54, 1.807) is 6.92 Å². The first-order chi connectivity index (χ1) is 9.74. The van der Waals surface area contributed by atoms with Crippen LogP contribution >= 0.6 is 0 Å². The minimum atomic E-state index is -4.25. The maximum absolute atomic E-state index is 12.0. The van der Waals surface area contributed by atoms with E-state index < -0.39 is 17.5 Å². The number of aryl methyl sites for hydroxylation is 1. The zero-order valence-electron chi connectivity index (χ0n) is 11.6. The van der Waals surface area contributed by atoms with E-state index in [2.05, 4.69) is 20.6 Å². The zero-order valence-corrected chi connectivity index (χ0v) is 11.6. The molecular weight excluding hydrogens is 291 g/mol.